The minimum absolute atomic E-state index is 0.469. The highest BCUT2D eigenvalue weighted by Gasteiger charge is 2.20. The molecule has 0 saturated heterocycles. The number of amides is 2. The number of hydrogen-bond acceptors (Lipinski definition) is 3. The van der Waals surface area contributed by atoms with E-state index >= 15 is 0 Å². The lowest BCUT2D eigenvalue weighted by Crippen LogP contribution is -2.44. The van der Waals surface area contributed by atoms with Crippen molar-refractivity contribution in [2.75, 3.05) is 0 Å². The number of rotatable bonds is 4. The molecular weight excluding hydrogens is 208 g/mol. The molecule has 1 aromatic carbocycles. The van der Waals surface area contributed by atoms with Crippen LogP contribution in [0.3, 0.4) is 0 Å². The number of carbonyl (C=O) groups is 2. The molecule has 86 valence electrons. The van der Waals surface area contributed by atoms with Gasteiger partial charge in [0.2, 0.25) is 5.91 Å². The first-order chi connectivity index (χ1) is 7.52. The van der Waals surface area contributed by atoms with Gasteiger partial charge in [0.05, 0.1) is 0 Å². The van der Waals surface area contributed by atoms with Gasteiger partial charge in [-0.25, -0.2) is 0 Å². The Morgan fingerprint density at radius 3 is 2.38 bits per heavy atom. The number of nitrogens with one attached hydrogen (secondary N) is 1. The van der Waals surface area contributed by atoms with Crippen LogP contribution < -0.4 is 11.1 Å². The lowest BCUT2D eigenvalue weighted by atomic mass is 10.1. The van der Waals surface area contributed by atoms with Crippen LogP contribution in [0.5, 0.6) is 0 Å². The third kappa shape index (κ3) is 3.06. The molecule has 0 aliphatic rings. The Bertz CT molecular complexity index is 378. The second-order valence-electron chi connectivity index (χ2n) is 3.45. The zero-order valence-corrected chi connectivity index (χ0v) is 8.88. The van der Waals surface area contributed by atoms with Crippen molar-refractivity contribution in [2.45, 2.75) is 19.1 Å². The highest BCUT2D eigenvalue weighted by atomic mass is 16.3. The van der Waals surface area contributed by atoms with E-state index in [4.69, 9.17) is 5.73 Å². The van der Waals surface area contributed by atoms with Crippen LogP contribution in [0.15, 0.2) is 30.3 Å². The second kappa shape index (κ2) is 5.27. The van der Waals surface area contributed by atoms with Crippen LogP contribution in [-0.2, 0) is 9.59 Å². The molecule has 4 N–H and O–H groups in total. The summed E-state index contributed by atoms with van der Waals surface area (Å²) in [7, 11) is 0. The Kier molecular flexibility index (Phi) is 4.02. The van der Waals surface area contributed by atoms with Gasteiger partial charge in [0.15, 0.2) is 6.10 Å². The van der Waals surface area contributed by atoms with Gasteiger partial charge >= 0.3 is 0 Å². The first-order valence-electron chi connectivity index (χ1n) is 4.85. The Balaban J connectivity index is 2.65. The predicted molar refractivity (Wildman–Crippen MR) is 58.2 cm³/mol. The highest BCUT2D eigenvalue weighted by molar-refractivity contribution is 5.88. The largest absolute Gasteiger partial charge is 0.378 e. The highest BCUT2D eigenvalue weighted by Crippen LogP contribution is 2.11. The second-order valence-corrected chi connectivity index (χ2v) is 3.45. The standard InChI is InChI=1S/C11H14N2O3/c1-7(10(12)15)13-11(16)9(14)8-5-3-2-4-6-8/h2-7,9,14H,1H3,(H2,12,15)(H,13,16)/t7-,9+/m1/s1. The number of primary amides is 1. The Morgan fingerprint density at radius 1 is 1.31 bits per heavy atom. The van der Waals surface area contributed by atoms with Gasteiger partial charge < -0.3 is 16.2 Å². The normalized spacial score (nSPS) is 13.9. The number of carbonyl (C=O) groups excluding carboxylic acids is 2. The summed E-state index contributed by atoms with van der Waals surface area (Å²) in [4.78, 5) is 22.2. The van der Waals surface area contributed by atoms with Crippen molar-refractivity contribution in [1.82, 2.24) is 5.32 Å². The first kappa shape index (κ1) is 12.2. The fourth-order valence-electron chi connectivity index (χ4n) is 1.15. The molecule has 0 spiro atoms. The quantitative estimate of drug-likeness (QED) is 0.653. The molecule has 0 aromatic heterocycles. The van der Waals surface area contributed by atoms with Gasteiger partial charge in [-0.3, -0.25) is 9.59 Å². The molecule has 0 unspecified atom stereocenters. The van der Waals surface area contributed by atoms with E-state index in [2.05, 4.69) is 5.32 Å². The van der Waals surface area contributed by atoms with Crippen molar-refractivity contribution in [2.24, 2.45) is 5.73 Å². The van der Waals surface area contributed by atoms with Crippen molar-refractivity contribution in [1.29, 1.82) is 0 Å². The molecule has 0 bridgehead atoms. The molecule has 2 atom stereocenters. The van der Waals surface area contributed by atoms with Gasteiger partial charge in [-0.2, -0.15) is 0 Å². The van der Waals surface area contributed by atoms with Crippen molar-refractivity contribution >= 4 is 11.8 Å². The maximum atomic E-state index is 11.5. The van der Waals surface area contributed by atoms with Crippen molar-refractivity contribution in [3.05, 3.63) is 35.9 Å². The molecular formula is C11H14N2O3. The van der Waals surface area contributed by atoms with E-state index < -0.39 is 24.0 Å². The number of nitrogens with two attached hydrogens (primary N) is 1. The van der Waals surface area contributed by atoms with Crippen molar-refractivity contribution < 1.29 is 14.7 Å². The molecule has 2 amide bonds. The smallest absolute Gasteiger partial charge is 0.254 e. The predicted octanol–water partition coefficient (Wildman–Crippen LogP) is -0.290. The fraction of sp³-hybridized carbons (Fsp3) is 0.273. The maximum absolute atomic E-state index is 11.5. The molecule has 5 nitrogen and oxygen atoms in total. The Labute approximate surface area is 93.3 Å². The van der Waals surface area contributed by atoms with E-state index in [-0.39, 0.29) is 0 Å². The summed E-state index contributed by atoms with van der Waals surface area (Å²) in [6, 6.07) is 7.65. The third-order valence-electron chi connectivity index (χ3n) is 2.15. The minimum Gasteiger partial charge on any atom is -0.378 e. The number of aliphatic hydroxyl groups excluding tert-OH is 1. The van der Waals surface area contributed by atoms with E-state index in [9.17, 15) is 14.7 Å². The summed E-state index contributed by atoms with van der Waals surface area (Å²) >= 11 is 0. The van der Waals surface area contributed by atoms with E-state index in [1.54, 1.807) is 30.3 Å². The zero-order chi connectivity index (χ0) is 12.1. The van der Waals surface area contributed by atoms with E-state index in [1.807, 2.05) is 0 Å². The summed E-state index contributed by atoms with van der Waals surface area (Å²) in [5, 5.41) is 12.0. The van der Waals surface area contributed by atoms with Crippen molar-refractivity contribution in [3.63, 3.8) is 0 Å². The first-order valence-corrected chi connectivity index (χ1v) is 4.85. The number of benzene rings is 1. The van der Waals surface area contributed by atoms with Crippen LogP contribution in [0, 0.1) is 0 Å². The maximum Gasteiger partial charge on any atom is 0.254 e. The minimum atomic E-state index is -1.29. The summed E-state index contributed by atoms with van der Waals surface area (Å²) in [5.74, 6) is -1.29. The number of hydrogen-bond donors (Lipinski definition) is 3. The average molecular weight is 222 g/mol. The summed E-state index contributed by atoms with van der Waals surface area (Å²) < 4.78 is 0. The van der Waals surface area contributed by atoms with E-state index in [0.29, 0.717) is 5.56 Å². The molecule has 0 fully saturated rings. The fourth-order valence-corrected chi connectivity index (χ4v) is 1.15. The van der Waals surface area contributed by atoms with E-state index in [1.165, 1.54) is 6.92 Å². The molecule has 0 aliphatic carbocycles. The molecule has 1 rings (SSSR count). The van der Waals surface area contributed by atoms with Crippen molar-refractivity contribution in [3.8, 4) is 0 Å². The van der Waals surface area contributed by atoms with Crippen LogP contribution in [0.25, 0.3) is 0 Å². The molecule has 0 heterocycles. The Hall–Kier alpha value is -1.88. The summed E-state index contributed by atoms with van der Waals surface area (Å²) in [5.41, 5.74) is 5.46. The van der Waals surface area contributed by atoms with Crippen LogP contribution in [0.2, 0.25) is 0 Å². The number of aliphatic hydroxyl groups is 1. The van der Waals surface area contributed by atoms with Crippen LogP contribution >= 0.6 is 0 Å². The van der Waals surface area contributed by atoms with Crippen LogP contribution in [0.1, 0.15) is 18.6 Å². The van der Waals surface area contributed by atoms with Gasteiger partial charge in [0.25, 0.3) is 5.91 Å². The Morgan fingerprint density at radius 2 is 1.88 bits per heavy atom. The third-order valence-corrected chi connectivity index (χ3v) is 2.15. The van der Waals surface area contributed by atoms with Gasteiger partial charge in [-0.05, 0) is 12.5 Å². The SMILES string of the molecule is C[C@@H](NC(=O)[C@@H](O)c1ccccc1)C(N)=O. The van der Waals surface area contributed by atoms with Gasteiger partial charge in [-0.1, -0.05) is 30.3 Å². The van der Waals surface area contributed by atoms with Crippen LogP contribution in [0.4, 0.5) is 0 Å². The molecule has 0 aliphatic heterocycles. The topological polar surface area (TPSA) is 92.4 Å². The van der Waals surface area contributed by atoms with Gasteiger partial charge in [-0.15, -0.1) is 0 Å². The monoisotopic (exact) mass is 222 g/mol. The summed E-state index contributed by atoms with van der Waals surface area (Å²) in [6.07, 6.45) is -1.29. The molecule has 5 heteroatoms. The lowest BCUT2D eigenvalue weighted by Gasteiger charge is -2.14. The average Bonchev–Trinajstić information content (AvgIpc) is 2.28. The van der Waals surface area contributed by atoms with Crippen LogP contribution in [-0.4, -0.2) is 23.0 Å². The molecule has 16 heavy (non-hydrogen) atoms. The van der Waals surface area contributed by atoms with Gasteiger partial charge in [0, 0.05) is 0 Å². The molecule has 0 saturated carbocycles. The zero-order valence-electron chi connectivity index (χ0n) is 8.88. The lowest BCUT2D eigenvalue weighted by molar-refractivity contribution is -0.133. The molecule has 0 radical (unpaired) electrons. The molecule has 1 aromatic rings. The summed E-state index contributed by atoms with van der Waals surface area (Å²) in [6.45, 7) is 1.46. The van der Waals surface area contributed by atoms with E-state index in [0.717, 1.165) is 0 Å². The van der Waals surface area contributed by atoms with Gasteiger partial charge in [0.1, 0.15) is 6.04 Å².